The van der Waals surface area contributed by atoms with Crippen LogP contribution in [0, 0.1) is 0 Å². The van der Waals surface area contributed by atoms with Crippen LogP contribution in [0.25, 0.3) is 0 Å². The third-order valence-corrected chi connectivity index (χ3v) is 4.66. The van der Waals surface area contributed by atoms with Crippen molar-refractivity contribution in [3.63, 3.8) is 0 Å². The first-order valence-electron chi connectivity index (χ1n) is 5.14. The number of nitrogens with zero attached hydrogens (tertiary/aromatic N) is 1. The van der Waals surface area contributed by atoms with E-state index in [1.165, 1.54) is 6.07 Å². The van der Waals surface area contributed by atoms with E-state index in [0.717, 1.165) is 0 Å². The molecule has 0 aromatic carbocycles. The predicted molar refractivity (Wildman–Crippen MR) is 62.1 cm³/mol. The van der Waals surface area contributed by atoms with Crippen LogP contribution in [0.4, 0.5) is 5.82 Å². The summed E-state index contributed by atoms with van der Waals surface area (Å²) in [5.41, 5.74) is 4.90. The maximum atomic E-state index is 11.8. The molecule has 0 radical (unpaired) electrons. The number of aromatic amines is 1. The van der Waals surface area contributed by atoms with Crippen LogP contribution < -0.4 is 11.1 Å². The molecule has 0 aliphatic carbocycles. The van der Waals surface area contributed by atoms with Crippen molar-refractivity contribution >= 4 is 21.6 Å². The van der Waals surface area contributed by atoms with Crippen LogP contribution >= 0.6 is 0 Å². The van der Waals surface area contributed by atoms with Crippen molar-refractivity contribution in [3.8, 4) is 0 Å². The summed E-state index contributed by atoms with van der Waals surface area (Å²) in [6, 6.07) is 1.40. The number of carbonyl (C=O) groups is 1. The minimum atomic E-state index is -3.04. The summed E-state index contributed by atoms with van der Waals surface area (Å²) in [5, 5.41) is 8.81. The van der Waals surface area contributed by atoms with Crippen LogP contribution in [0.1, 0.15) is 23.8 Å². The number of sulfone groups is 1. The van der Waals surface area contributed by atoms with Gasteiger partial charge in [0.2, 0.25) is 0 Å². The molecule has 0 saturated carbocycles. The fourth-order valence-electron chi connectivity index (χ4n) is 1.90. The van der Waals surface area contributed by atoms with Crippen LogP contribution in [0.15, 0.2) is 6.07 Å². The van der Waals surface area contributed by atoms with Crippen molar-refractivity contribution < 1.29 is 13.2 Å². The van der Waals surface area contributed by atoms with Gasteiger partial charge in [-0.25, -0.2) is 8.42 Å². The molecule has 2 rings (SSSR count). The number of H-pyrrole nitrogens is 1. The minimum absolute atomic E-state index is 0.0324. The van der Waals surface area contributed by atoms with Gasteiger partial charge in [-0.3, -0.25) is 9.89 Å². The summed E-state index contributed by atoms with van der Waals surface area (Å²) >= 11 is 0. The van der Waals surface area contributed by atoms with Crippen LogP contribution in [-0.2, 0) is 9.84 Å². The van der Waals surface area contributed by atoms with Gasteiger partial charge in [-0.15, -0.1) is 0 Å². The Labute approximate surface area is 98.7 Å². The van der Waals surface area contributed by atoms with Crippen LogP contribution in [0.5, 0.6) is 0 Å². The number of amides is 1. The van der Waals surface area contributed by atoms with E-state index in [1.807, 2.05) is 0 Å². The fourth-order valence-corrected chi connectivity index (χ4v) is 4.00. The number of hydrogen-bond acceptors (Lipinski definition) is 5. The van der Waals surface area contributed by atoms with Crippen LogP contribution in [0.2, 0.25) is 0 Å². The molecule has 0 bridgehead atoms. The molecule has 2 heterocycles. The molecule has 1 amide bonds. The Balaban J connectivity index is 2.10. The molecule has 4 N–H and O–H groups in total. The van der Waals surface area contributed by atoms with Gasteiger partial charge >= 0.3 is 0 Å². The average molecular weight is 258 g/mol. The maximum Gasteiger partial charge on any atom is 0.269 e. The number of aromatic nitrogens is 2. The van der Waals surface area contributed by atoms with Crippen molar-refractivity contribution in [2.24, 2.45) is 0 Å². The van der Waals surface area contributed by atoms with Crippen molar-refractivity contribution in [3.05, 3.63) is 11.8 Å². The van der Waals surface area contributed by atoms with Crippen molar-refractivity contribution in [2.45, 2.75) is 18.9 Å². The lowest BCUT2D eigenvalue weighted by Gasteiger charge is -2.23. The molecule has 1 unspecified atom stereocenters. The van der Waals surface area contributed by atoms with Gasteiger partial charge in [0, 0.05) is 6.07 Å². The zero-order chi connectivity index (χ0) is 12.7. The van der Waals surface area contributed by atoms with E-state index in [-0.39, 0.29) is 23.0 Å². The highest BCUT2D eigenvalue weighted by molar-refractivity contribution is 7.91. The van der Waals surface area contributed by atoms with Crippen molar-refractivity contribution in [2.75, 3.05) is 17.2 Å². The number of carbonyl (C=O) groups excluding carboxylic acids is 1. The van der Waals surface area contributed by atoms with Gasteiger partial charge < -0.3 is 11.1 Å². The Morgan fingerprint density at radius 2 is 2.35 bits per heavy atom. The van der Waals surface area contributed by atoms with E-state index in [4.69, 9.17) is 5.73 Å². The summed E-state index contributed by atoms with van der Waals surface area (Å²) in [4.78, 5) is 11.8. The third-order valence-electron chi connectivity index (χ3n) is 2.76. The SMILES string of the molecule is CC1(NC(=O)c2cc(N)n[nH]2)CCS(=O)(=O)C1. The van der Waals surface area contributed by atoms with Crippen LogP contribution in [0.3, 0.4) is 0 Å². The summed E-state index contributed by atoms with van der Waals surface area (Å²) in [6.45, 7) is 1.72. The van der Waals surface area contributed by atoms with E-state index in [9.17, 15) is 13.2 Å². The standard InChI is InChI=1S/C9H14N4O3S/c1-9(2-3-17(15,16)5-9)11-8(14)6-4-7(10)13-12-6/h4H,2-3,5H2,1H3,(H,11,14)(H3,10,12,13). The van der Waals surface area contributed by atoms with Gasteiger partial charge in [0.05, 0.1) is 17.0 Å². The van der Waals surface area contributed by atoms with Gasteiger partial charge in [-0.05, 0) is 13.3 Å². The largest absolute Gasteiger partial charge is 0.382 e. The Kier molecular flexibility index (Phi) is 2.61. The summed E-state index contributed by atoms with van der Waals surface area (Å²) in [6.07, 6.45) is 0.421. The van der Waals surface area contributed by atoms with Gasteiger partial charge in [0.25, 0.3) is 5.91 Å². The molecule has 1 fully saturated rings. The molecule has 1 atom stereocenters. The third kappa shape index (κ3) is 2.57. The first kappa shape index (κ1) is 11.9. The molecule has 8 heteroatoms. The molecule has 0 spiro atoms. The van der Waals surface area contributed by atoms with E-state index in [2.05, 4.69) is 15.5 Å². The lowest BCUT2D eigenvalue weighted by atomic mass is 10.0. The van der Waals surface area contributed by atoms with Crippen molar-refractivity contribution in [1.29, 1.82) is 0 Å². The zero-order valence-corrected chi connectivity index (χ0v) is 10.2. The first-order chi connectivity index (χ1) is 7.80. The summed E-state index contributed by atoms with van der Waals surface area (Å²) < 4.78 is 22.8. The number of nitrogens with two attached hydrogens (primary N) is 1. The molecule has 1 saturated heterocycles. The molecule has 1 aromatic rings. The Morgan fingerprint density at radius 1 is 1.65 bits per heavy atom. The van der Waals surface area contributed by atoms with Gasteiger partial charge in [0.15, 0.2) is 9.84 Å². The van der Waals surface area contributed by atoms with Gasteiger partial charge in [-0.1, -0.05) is 0 Å². The lowest BCUT2D eigenvalue weighted by molar-refractivity contribution is 0.0910. The number of anilines is 1. The smallest absolute Gasteiger partial charge is 0.269 e. The molecule has 1 aromatic heterocycles. The topological polar surface area (TPSA) is 118 Å². The maximum absolute atomic E-state index is 11.8. The highest BCUT2D eigenvalue weighted by Gasteiger charge is 2.39. The highest BCUT2D eigenvalue weighted by Crippen LogP contribution is 2.23. The van der Waals surface area contributed by atoms with E-state index >= 15 is 0 Å². The minimum Gasteiger partial charge on any atom is -0.382 e. The van der Waals surface area contributed by atoms with Gasteiger partial charge in [-0.2, -0.15) is 5.10 Å². The molecule has 17 heavy (non-hydrogen) atoms. The van der Waals surface area contributed by atoms with E-state index in [0.29, 0.717) is 6.42 Å². The van der Waals surface area contributed by atoms with E-state index in [1.54, 1.807) is 6.92 Å². The van der Waals surface area contributed by atoms with Gasteiger partial charge in [0.1, 0.15) is 11.5 Å². The summed E-state index contributed by atoms with van der Waals surface area (Å²) in [7, 11) is -3.04. The van der Waals surface area contributed by atoms with Crippen molar-refractivity contribution in [1.82, 2.24) is 15.5 Å². The number of nitrogens with one attached hydrogen (secondary N) is 2. The highest BCUT2D eigenvalue weighted by atomic mass is 32.2. The monoisotopic (exact) mass is 258 g/mol. The second-order valence-corrected chi connectivity index (χ2v) is 6.75. The number of nitrogen functional groups attached to an aromatic ring is 1. The molecule has 7 nitrogen and oxygen atoms in total. The van der Waals surface area contributed by atoms with Crippen LogP contribution in [-0.4, -0.2) is 41.6 Å². The Bertz CT molecular complexity index is 550. The molecular formula is C9H14N4O3S. The normalized spacial score (nSPS) is 26.9. The summed E-state index contributed by atoms with van der Waals surface area (Å²) in [5.74, 6) is -0.0993. The lowest BCUT2D eigenvalue weighted by Crippen LogP contribution is -2.47. The Morgan fingerprint density at radius 3 is 2.82 bits per heavy atom. The molecule has 1 aliphatic heterocycles. The second-order valence-electron chi connectivity index (χ2n) is 4.56. The zero-order valence-electron chi connectivity index (χ0n) is 9.36. The predicted octanol–water partition coefficient (Wildman–Crippen LogP) is -0.701. The number of rotatable bonds is 2. The second kappa shape index (κ2) is 3.73. The molecule has 1 aliphatic rings. The quantitative estimate of drug-likeness (QED) is 0.648. The average Bonchev–Trinajstić information content (AvgIpc) is 2.71. The number of hydrogen-bond donors (Lipinski definition) is 3. The molecular weight excluding hydrogens is 244 g/mol. The molecule has 94 valence electrons. The van der Waals surface area contributed by atoms with E-state index < -0.39 is 21.3 Å². The fraction of sp³-hybridized carbons (Fsp3) is 0.556. The Hall–Kier alpha value is -1.57. The first-order valence-corrected chi connectivity index (χ1v) is 6.96.